The van der Waals surface area contributed by atoms with Crippen molar-refractivity contribution < 1.29 is 62.2 Å². The van der Waals surface area contributed by atoms with Crippen LogP contribution in [0.4, 0.5) is 52.7 Å². The van der Waals surface area contributed by atoms with Gasteiger partial charge in [-0.2, -0.15) is 43.9 Å². The molecule has 0 aromatic carbocycles. The summed E-state index contributed by atoms with van der Waals surface area (Å²) < 4.78 is 165. The number of ether oxygens (including phenoxy) is 1. The van der Waals surface area contributed by atoms with Gasteiger partial charge in [0, 0.05) is 0 Å². The smallest absolute Gasteiger partial charge is 0.372 e. The summed E-state index contributed by atoms with van der Waals surface area (Å²) in [5, 5.41) is 0. The monoisotopic (exact) mass is 508 g/mol. The molecule has 4 bridgehead atoms. The first kappa shape index (κ1) is 26.2. The Bertz CT molecular complexity index is 794. The van der Waals surface area contributed by atoms with Crippen LogP contribution < -0.4 is 0 Å². The van der Waals surface area contributed by atoms with Crippen molar-refractivity contribution in [2.75, 3.05) is 6.61 Å². The van der Waals surface area contributed by atoms with E-state index < -0.39 is 66.9 Å². The standard InChI is InChI=1S/C19H20F12O2/c1-7-9-3-10-12(7)18(10,8(9)2)13(32)33-6-17(28,29)15(24,25)5-16(26,27)19(30,31)14(22,23)4-11(20)21/h7-12H,3-6H2,1-2H3. The highest BCUT2D eigenvalue weighted by atomic mass is 19.4. The number of halogens is 12. The molecule has 6 unspecified atom stereocenters. The van der Waals surface area contributed by atoms with E-state index in [0.717, 1.165) is 0 Å². The molecular weight excluding hydrogens is 488 g/mol. The summed E-state index contributed by atoms with van der Waals surface area (Å²) in [6, 6.07) is 0. The van der Waals surface area contributed by atoms with Crippen molar-refractivity contribution in [3.05, 3.63) is 0 Å². The van der Waals surface area contributed by atoms with E-state index in [0.29, 0.717) is 6.42 Å². The molecule has 192 valence electrons. The van der Waals surface area contributed by atoms with E-state index in [1.165, 1.54) is 0 Å². The molecular formula is C19H20F12O2. The molecule has 33 heavy (non-hydrogen) atoms. The third-order valence-corrected chi connectivity index (χ3v) is 7.70. The normalized spacial score (nSPS) is 34.2. The van der Waals surface area contributed by atoms with Crippen molar-refractivity contribution >= 4 is 5.97 Å². The lowest BCUT2D eigenvalue weighted by Gasteiger charge is -2.36. The van der Waals surface area contributed by atoms with Crippen LogP contribution in [0.15, 0.2) is 0 Å². The molecule has 0 amide bonds. The van der Waals surface area contributed by atoms with Crippen LogP contribution in [-0.4, -0.2) is 48.6 Å². The SMILES string of the molecule is CC1C2CC3C1C3(C(=O)OCC(F)(F)C(F)(F)CC(F)(F)C(F)(F)C(F)(F)CC(F)F)C2C. The highest BCUT2D eigenvalue weighted by Gasteiger charge is 2.85. The quantitative estimate of drug-likeness (QED) is 0.256. The Morgan fingerprint density at radius 3 is 1.85 bits per heavy atom. The van der Waals surface area contributed by atoms with Gasteiger partial charge in [-0.25, -0.2) is 8.78 Å². The second-order valence-corrected chi connectivity index (χ2v) is 9.35. The molecule has 0 aromatic heterocycles. The lowest BCUT2D eigenvalue weighted by atomic mass is 9.90. The minimum atomic E-state index is -6.79. The number of carbonyl (C=O) groups excluding carboxylic acids is 1. The predicted molar refractivity (Wildman–Crippen MR) is 86.8 cm³/mol. The highest BCUT2D eigenvalue weighted by molar-refractivity contribution is 5.84. The number of carbonyl (C=O) groups is 1. The number of rotatable bonds is 10. The molecule has 14 heteroatoms. The molecule has 0 aliphatic heterocycles. The molecule has 4 rings (SSSR count). The summed E-state index contributed by atoms with van der Waals surface area (Å²) in [6.07, 6.45) is -10.5. The third-order valence-electron chi connectivity index (χ3n) is 7.70. The molecule has 0 saturated heterocycles. The van der Waals surface area contributed by atoms with Gasteiger partial charge < -0.3 is 4.74 Å². The Hall–Kier alpha value is -1.37. The van der Waals surface area contributed by atoms with Crippen molar-refractivity contribution in [2.45, 2.75) is 69.1 Å². The minimum Gasteiger partial charge on any atom is -0.459 e. The Morgan fingerprint density at radius 1 is 0.909 bits per heavy atom. The molecule has 6 atom stereocenters. The molecule has 0 heterocycles. The lowest BCUT2D eigenvalue weighted by molar-refractivity contribution is -0.341. The fourth-order valence-corrected chi connectivity index (χ4v) is 6.05. The summed E-state index contributed by atoms with van der Waals surface area (Å²) >= 11 is 0. The van der Waals surface area contributed by atoms with Crippen LogP contribution in [0, 0.1) is 35.0 Å². The van der Waals surface area contributed by atoms with Gasteiger partial charge in [-0.05, 0) is 36.0 Å². The largest absolute Gasteiger partial charge is 0.459 e. The Kier molecular flexibility index (Phi) is 5.82. The summed E-state index contributed by atoms with van der Waals surface area (Å²) in [7, 11) is 0. The summed E-state index contributed by atoms with van der Waals surface area (Å²) in [6.45, 7) is 1.06. The highest BCUT2D eigenvalue weighted by Crippen LogP contribution is 2.83. The van der Waals surface area contributed by atoms with Crippen molar-refractivity contribution in [1.82, 2.24) is 0 Å². The van der Waals surface area contributed by atoms with E-state index in [-0.39, 0.29) is 29.6 Å². The average Bonchev–Trinajstić information content (AvgIpc) is 2.92. The molecule has 4 fully saturated rings. The van der Waals surface area contributed by atoms with Crippen LogP contribution in [0.25, 0.3) is 0 Å². The fraction of sp³-hybridized carbons (Fsp3) is 0.947. The van der Waals surface area contributed by atoms with Crippen LogP contribution >= 0.6 is 0 Å². The second-order valence-electron chi connectivity index (χ2n) is 9.35. The van der Waals surface area contributed by atoms with Gasteiger partial charge in [0.1, 0.15) is 0 Å². The van der Waals surface area contributed by atoms with Gasteiger partial charge in [-0.3, -0.25) is 4.79 Å². The van der Waals surface area contributed by atoms with E-state index in [1.54, 1.807) is 6.92 Å². The zero-order valence-electron chi connectivity index (χ0n) is 17.1. The second kappa shape index (κ2) is 7.32. The van der Waals surface area contributed by atoms with Crippen LogP contribution in [-0.2, 0) is 9.53 Å². The number of alkyl halides is 12. The van der Waals surface area contributed by atoms with Gasteiger partial charge >= 0.3 is 35.6 Å². The molecule has 4 aliphatic rings. The van der Waals surface area contributed by atoms with Crippen LogP contribution in [0.2, 0.25) is 0 Å². The molecule has 4 aliphatic carbocycles. The van der Waals surface area contributed by atoms with Gasteiger partial charge in [0.05, 0.1) is 18.3 Å². The Morgan fingerprint density at radius 2 is 1.45 bits per heavy atom. The Balaban J connectivity index is 1.69. The van der Waals surface area contributed by atoms with Crippen molar-refractivity contribution in [3.63, 3.8) is 0 Å². The minimum absolute atomic E-state index is 0.0651. The van der Waals surface area contributed by atoms with Crippen molar-refractivity contribution in [1.29, 1.82) is 0 Å². The number of esters is 1. The van der Waals surface area contributed by atoms with E-state index in [4.69, 9.17) is 0 Å². The molecule has 0 spiro atoms. The van der Waals surface area contributed by atoms with Gasteiger partial charge in [0.2, 0.25) is 6.43 Å². The van der Waals surface area contributed by atoms with Crippen molar-refractivity contribution in [3.8, 4) is 0 Å². The fourth-order valence-electron chi connectivity index (χ4n) is 6.05. The Labute approximate surface area is 180 Å². The summed E-state index contributed by atoms with van der Waals surface area (Å²) in [5.41, 5.74) is -1.15. The van der Waals surface area contributed by atoms with E-state index in [9.17, 15) is 57.5 Å². The first-order valence-electron chi connectivity index (χ1n) is 10.0. The van der Waals surface area contributed by atoms with Crippen LogP contribution in [0.1, 0.15) is 33.1 Å². The predicted octanol–water partition coefficient (Wildman–Crippen LogP) is 6.29. The lowest BCUT2D eigenvalue weighted by Crippen LogP contribution is -2.59. The summed E-state index contributed by atoms with van der Waals surface area (Å²) in [4.78, 5) is 12.4. The number of hydrogen-bond acceptors (Lipinski definition) is 2. The van der Waals surface area contributed by atoms with Crippen LogP contribution in [0.3, 0.4) is 0 Å². The zero-order valence-corrected chi connectivity index (χ0v) is 17.1. The molecule has 2 nitrogen and oxygen atoms in total. The number of hydrogen-bond donors (Lipinski definition) is 0. The summed E-state index contributed by atoms with van der Waals surface area (Å²) in [5.74, 6) is -32.9. The molecule has 0 radical (unpaired) electrons. The van der Waals surface area contributed by atoms with E-state index in [1.807, 2.05) is 6.92 Å². The maximum absolute atomic E-state index is 14.0. The van der Waals surface area contributed by atoms with Gasteiger partial charge in [0.15, 0.2) is 6.61 Å². The third kappa shape index (κ3) is 3.51. The molecule has 0 N–H and O–H groups in total. The maximum Gasteiger partial charge on any atom is 0.372 e. The molecule has 0 aromatic rings. The maximum atomic E-state index is 14.0. The van der Waals surface area contributed by atoms with Gasteiger partial charge in [-0.15, -0.1) is 0 Å². The first-order valence-corrected chi connectivity index (χ1v) is 10.0. The van der Waals surface area contributed by atoms with Gasteiger partial charge in [-0.1, -0.05) is 13.8 Å². The van der Waals surface area contributed by atoms with Crippen LogP contribution in [0.5, 0.6) is 0 Å². The van der Waals surface area contributed by atoms with Crippen molar-refractivity contribution in [2.24, 2.45) is 35.0 Å². The van der Waals surface area contributed by atoms with Gasteiger partial charge in [0.25, 0.3) is 0 Å². The van der Waals surface area contributed by atoms with E-state index in [2.05, 4.69) is 4.74 Å². The zero-order chi connectivity index (χ0) is 25.6. The first-order chi connectivity index (χ1) is 14.7. The topological polar surface area (TPSA) is 26.3 Å². The molecule has 4 saturated carbocycles. The van der Waals surface area contributed by atoms with E-state index >= 15 is 0 Å². The average molecular weight is 508 g/mol.